The van der Waals surface area contributed by atoms with Crippen molar-refractivity contribution in [3.63, 3.8) is 0 Å². The molecule has 0 saturated carbocycles. The minimum Gasteiger partial charge on any atom is -0.308 e. The van der Waals surface area contributed by atoms with Gasteiger partial charge >= 0.3 is 5.66 Å². The van der Waals surface area contributed by atoms with Crippen molar-refractivity contribution in [1.82, 2.24) is 9.36 Å². The van der Waals surface area contributed by atoms with Crippen LogP contribution in [0.1, 0.15) is 39.2 Å². The number of aromatic nitrogens is 4. The average molecular weight is 610 g/mol. The fraction of sp³-hybridized carbons (Fsp3) is 0.143. The summed E-state index contributed by atoms with van der Waals surface area (Å²) in [7, 11) is 0. The fourth-order valence-corrected chi connectivity index (χ4v) is 9.00. The van der Waals surface area contributed by atoms with E-state index in [1.165, 1.54) is 89.9 Å². The molecule has 1 spiro atoms. The van der Waals surface area contributed by atoms with Gasteiger partial charge < -0.3 is 4.90 Å². The molecule has 5 heteroatoms. The molecule has 5 aromatic carbocycles. The molecule has 1 atom stereocenters. The minimum atomic E-state index is -0.582. The highest BCUT2D eigenvalue weighted by Gasteiger charge is 2.74. The van der Waals surface area contributed by atoms with Crippen LogP contribution in [0.5, 0.6) is 0 Å². The number of benzene rings is 5. The molecular formula is C42H35N5+2. The molecule has 5 heterocycles. The topological polar surface area (TPSA) is 20.9 Å². The Bertz CT molecular complexity index is 2440. The molecular weight excluding hydrogens is 574 g/mol. The smallest absolute Gasteiger partial charge is 0.308 e. The second-order valence-electron chi connectivity index (χ2n) is 13.5. The van der Waals surface area contributed by atoms with Crippen LogP contribution in [-0.4, -0.2) is 9.36 Å². The maximum atomic E-state index is 2.54. The summed E-state index contributed by atoms with van der Waals surface area (Å²) in [6, 6.07) is 40.2. The Morgan fingerprint density at radius 3 is 1.81 bits per heavy atom. The molecule has 2 aromatic heterocycles. The van der Waals surface area contributed by atoms with E-state index in [1.807, 2.05) is 0 Å². The molecule has 0 bridgehead atoms. The average Bonchev–Trinajstić information content (AvgIpc) is 3.80. The molecule has 5 nitrogen and oxygen atoms in total. The van der Waals surface area contributed by atoms with E-state index in [2.05, 4.69) is 180 Å². The third-order valence-corrected chi connectivity index (χ3v) is 10.6. The molecule has 0 fully saturated rings. The zero-order valence-corrected chi connectivity index (χ0v) is 27.3. The van der Waals surface area contributed by atoms with Gasteiger partial charge in [0, 0.05) is 13.0 Å². The predicted molar refractivity (Wildman–Crippen MR) is 186 cm³/mol. The Morgan fingerprint density at radius 2 is 1.13 bits per heavy atom. The summed E-state index contributed by atoms with van der Waals surface area (Å²) in [5.74, 6) is 0. The molecule has 0 amide bonds. The first-order valence-electron chi connectivity index (χ1n) is 16.5. The van der Waals surface area contributed by atoms with E-state index in [1.54, 1.807) is 0 Å². The minimum absolute atomic E-state index is 0.582. The molecule has 0 saturated heterocycles. The summed E-state index contributed by atoms with van der Waals surface area (Å²) in [5.41, 5.74) is 19.4. The zero-order valence-electron chi connectivity index (χ0n) is 27.3. The molecule has 3 aliphatic rings. The highest BCUT2D eigenvalue weighted by Crippen LogP contribution is 2.57. The van der Waals surface area contributed by atoms with Crippen LogP contribution in [0.25, 0.3) is 33.6 Å². The van der Waals surface area contributed by atoms with Crippen LogP contribution in [0.15, 0.2) is 122 Å². The normalized spacial score (nSPS) is 16.2. The van der Waals surface area contributed by atoms with Gasteiger partial charge in [0.15, 0.2) is 11.1 Å². The van der Waals surface area contributed by atoms with Crippen molar-refractivity contribution in [2.24, 2.45) is 0 Å². The standard InChI is InChI=1S/C42H35N5/c1-26-21-27(2)41(28(3)22-26)45-36-14-9-13-35-39(36)42(40-37(45)15-10-16-38(40)46-29(4)23-30(5)47(42)46)44-25-34(24-43(35)44)33-19-17-32(18-20-33)31-11-7-6-8-12-31/h6-25H,1-5H3/q+2. The van der Waals surface area contributed by atoms with Crippen molar-refractivity contribution >= 4 is 17.1 Å². The van der Waals surface area contributed by atoms with Crippen LogP contribution in [0.2, 0.25) is 0 Å². The highest BCUT2D eigenvalue weighted by atomic mass is 15.6. The SMILES string of the molecule is Cc1cc(C)c(N2c3cccc4c3C3(c5c2cccc5-n2c(C)cc(C)[n+]23)[n+]2cc(-c3ccc(-c5ccccc5)cc3)cn2-4)c(C)c1. The molecule has 47 heavy (non-hydrogen) atoms. The third kappa shape index (κ3) is 3.19. The fourth-order valence-electron chi connectivity index (χ4n) is 9.00. The Labute approximate surface area is 274 Å². The van der Waals surface area contributed by atoms with E-state index in [9.17, 15) is 0 Å². The van der Waals surface area contributed by atoms with Gasteiger partial charge in [-0.05, 0) is 89.1 Å². The quantitative estimate of drug-likeness (QED) is 0.184. The first-order valence-corrected chi connectivity index (χ1v) is 16.5. The molecule has 3 aliphatic heterocycles. The molecule has 0 aliphatic carbocycles. The maximum absolute atomic E-state index is 2.54. The van der Waals surface area contributed by atoms with Crippen molar-refractivity contribution in [1.29, 1.82) is 0 Å². The Balaban J connectivity index is 1.28. The van der Waals surface area contributed by atoms with Crippen LogP contribution in [0.3, 0.4) is 0 Å². The summed E-state index contributed by atoms with van der Waals surface area (Å²) in [4.78, 5) is 2.54. The van der Waals surface area contributed by atoms with Gasteiger partial charge in [0.05, 0.1) is 34.5 Å². The largest absolute Gasteiger partial charge is 0.466 e. The van der Waals surface area contributed by atoms with Crippen molar-refractivity contribution in [3.05, 3.63) is 161 Å². The number of aryl methyl sites for hydroxylation is 5. The zero-order chi connectivity index (χ0) is 31.8. The van der Waals surface area contributed by atoms with Crippen LogP contribution < -0.4 is 14.3 Å². The number of hydrogen-bond acceptors (Lipinski definition) is 1. The number of fused-ring (bicyclic) bond motifs is 4. The number of hydrogen-bond donors (Lipinski definition) is 0. The predicted octanol–water partition coefficient (Wildman–Crippen LogP) is 8.43. The Hall–Kier alpha value is -5.68. The van der Waals surface area contributed by atoms with Gasteiger partial charge in [0.25, 0.3) is 0 Å². The van der Waals surface area contributed by atoms with Crippen LogP contribution in [-0.2, 0) is 5.66 Å². The van der Waals surface area contributed by atoms with Crippen molar-refractivity contribution < 1.29 is 9.36 Å². The van der Waals surface area contributed by atoms with E-state index >= 15 is 0 Å². The maximum Gasteiger partial charge on any atom is 0.466 e. The summed E-state index contributed by atoms with van der Waals surface area (Å²) >= 11 is 0. The second kappa shape index (κ2) is 8.98. The van der Waals surface area contributed by atoms with Gasteiger partial charge in [-0.3, -0.25) is 0 Å². The van der Waals surface area contributed by atoms with Crippen LogP contribution >= 0.6 is 0 Å². The Kier molecular flexibility index (Phi) is 5.07. The molecule has 10 rings (SSSR count). The number of anilines is 3. The lowest BCUT2D eigenvalue weighted by Crippen LogP contribution is -2.75. The van der Waals surface area contributed by atoms with Gasteiger partial charge in [0.2, 0.25) is 11.9 Å². The highest BCUT2D eigenvalue weighted by molar-refractivity contribution is 5.91. The molecule has 1 unspecified atom stereocenters. The van der Waals surface area contributed by atoms with Crippen LogP contribution in [0, 0.1) is 34.6 Å². The summed E-state index contributed by atoms with van der Waals surface area (Å²) in [5, 5.41) is 0. The van der Waals surface area contributed by atoms with Crippen LogP contribution in [0.4, 0.5) is 17.1 Å². The third-order valence-electron chi connectivity index (χ3n) is 10.6. The first kappa shape index (κ1) is 26.5. The lowest BCUT2D eigenvalue weighted by atomic mass is 9.83. The molecule has 0 radical (unpaired) electrons. The van der Waals surface area contributed by atoms with Gasteiger partial charge in [-0.2, -0.15) is 0 Å². The summed E-state index contributed by atoms with van der Waals surface area (Å²) < 4.78 is 9.86. The van der Waals surface area contributed by atoms with Crippen molar-refractivity contribution in [2.45, 2.75) is 40.3 Å². The molecule has 7 aromatic rings. The van der Waals surface area contributed by atoms with Gasteiger partial charge in [-0.15, -0.1) is 9.36 Å². The van der Waals surface area contributed by atoms with E-state index in [0.29, 0.717) is 0 Å². The second-order valence-corrected chi connectivity index (χ2v) is 13.5. The van der Waals surface area contributed by atoms with E-state index in [4.69, 9.17) is 0 Å². The summed E-state index contributed by atoms with van der Waals surface area (Å²) in [6.45, 7) is 11.2. The first-order chi connectivity index (χ1) is 22.9. The van der Waals surface area contributed by atoms with E-state index in [-0.39, 0.29) is 0 Å². The van der Waals surface area contributed by atoms with Crippen molar-refractivity contribution in [2.75, 3.05) is 4.90 Å². The van der Waals surface area contributed by atoms with Gasteiger partial charge in [-0.25, -0.2) is 0 Å². The van der Waals surface area contributed by atoms with E-state index in [0.717, 1.165) is 0 Å². The van der Waals surface area contributed by atoms with Gasteiger partial charge in [0.1, 0.15) is 11.4 Å². The molecule has 226 valence electrons. The number of rotatable bonds is 3. The van der Waals surface area contributed by atoms with E-state index < -0.39 is 5.66 Å². The lowest BCUT2D eigenvalue weighted by molar-refractivity contribution is -1.02. The van der Waals surface area contributed by atoms with Crippen molar-refractivity contribution in [3.8, 4) is 33.6 Å². The Morgan fingerprint density at radius 1 is 0.553 bits per heavy atom. The number of nitrogens with zero attached hydrogens (tertiary/aromatic N) is 5. The molecule has 0 N–H and O–H groups in total. The van der Waals surface area contributed by atoms with Gasteiger partial charge in [-0.1, -0.05) is 84.4 Å². The monoisotopic (exact) mass is 609 g/mol. The lowest BCUT2D eigenvalue weighted by Gasteiger charge is -2.35. The summed E-state index contributed by atoms with van der Waals surface area (Å²) in [6.07, 6.45) is 4.69.